The van der Waals surface area contributed by atoms with Crippen molar-refractivity contribution in [3.05, 3.63) is 46.8 Å². The molecule has 0 aliphatic rings. The highest BCUT2D eigenvalue weighted by Gasteiger charge is 2.34. The molecule has 0 bridgehead atoms. The van der Waals surface area contributed by atoms with Gasteiger partial charge in [0.1, 0.15) is 11.5 Å². The second kappa shape index (κ2) is 7.86. The van der Waals surface area contributed by atoms with E-state index < -0.39 is 11.7 Å². The molecule has 0 N–H and O–H groups in total. The van der Waals surface area contributed by atoms with E-state index in [4.69, 9.17) is 14.5 Å². The third kappa shape index (κ3) is 5.01. The summed E-state index contributed by atoms with van der Waals surface area (Å²) in [6, 6.07) is 6.88. The van der Waals surface area contributed by atoms with E-state index in [-0.39, 0.29) is 17.9 Å². The van der Waals surface area contributed by atoms with Crippen LogP contribution in [-0.2, 0) is 12.6 Å². The van der Waals surface area contributed by atoms with Gasteiger partial charge in [0.05, 0.1) is 29.5 Å². The van der Waals surface area contributed by atoms with Crippen LogP contribution in [0.15, 0.2) is 28.8 Å². The summed E-state index contributed by atoms with van der Waals surface area (Å²) in [7, 11) is 0. The minimum Gasteiger partial charge on any atom is -0.493 e. The molecule has 128 valence electrons. The van der Waals surface area contributed by atoms with E-state index >= 15 is 0 Å². The van der Waals surface area contributed by atoms with Gasteiger partial charge in [0.15, 0.2) is 0 Å². The van der Waals surface area contributed by atoms with Gasteiger partial charge in [-0.15, -0.1) is 0 Å². The van der Waals surface area contributed by atoms with E-state index in [0.717, 1.165) is 36.8 Å². The van der Waals surface area contributed by atoms with Crippen LogP contribution in [0.3, 0.4) is 0 Å². The molecule has 0 atom stereocenters. The molecule has 0 spiro atoms. The first-order chi connectivity index (χ1) is 11.4. The lowest BCUT2D eigenvalue weighted by molar-refractivity contribution is -0.139. The summed E-state index contributed by atoms with van der Waals surface area (Å²) in [6.45, 7) is 2.03. The first-order valence-corrected chi connectivity index (χ1v) is 7.56. The zero-order valence-corrected chi connectivity index (χ0v) is 13.2. The van der Waals surface area contributed by atoms with Gasteiger partial charge in [-0.3, -0.25) is 0 Å². The normalized spacial score (nSPS) is 11.3. The third-order valence-electron chi connectivity index (χ3n) is 3.42. The highest BCUT2D eigenvalue weighted by molar-refractivity contribution is 5.43. The Bertz CT molecular complexity index is 717. The number of hydrogen-bond donors (Lipinski definition) is 0. The van der Waals surface area contributed by atoms with E-state index in [1.807, 2.05) is 13.0 Å². The lowest BCUT2D eigenvalue weighted by atomic mass is 10.1. The monoisotopic (exact) mass is 338 g/mol. The SMILES string of the molecule is Cc1cc(CCCCCOc2ccc(C#N)cc2C(F)(F)F)on1. The van der Waals surface area contributed by atoms with Crippen molar-refractivity contribution in [1.82, 2.24) is 5.16 Å². The van der Waals surface area contributed by atoms with Gasteiger partial charge >= 0.3 is 6.18 Å². The Balaban J connectivity index is 1.80. The number of unbranched alkanes of at least 4 members (excludes halogenated alkanes) is 2. The molecule has 7 heteroatoms. The van der Waals surface area contributed by atoms with E-state index in [9.17, 15) is 13.2 Å². The highest BCUT2D eigenvalue weighted by Crippen LogP contribution is 2.36. The second-order valence-electron chi connectivity index (χ2n) is 5.41. The number of alkyl halides is 3. The lowest BCUT2D eigenvalue weighted by Gasteiger charge is -2.14. The minimum absolute atomic E-state index is 0.0444. The standard InChI is InChI=1S/C17H17F3N2O2/c1-12-9-14(24-22-12)5-3-2-4-8-23-16-7-6-13(11-21)10-15(16)17(18,19)20/h6-7,9-10H,2-5,8H2,1H3. The summed E-state index contributed by atoms with van der Waals surface area (Å²) in [5, 5.41) is 12.5. The number of ether oxygens (including phenoxy) is 1. The summed E-state index contributed by atoms with van der Waals surface area (Å²) in [4.78, 5) is 0. The Hall–Kier alpha value is -2.49. The van der Waals surface area contributed by atoms with Gasteiger partial charge in [0, 0.05) is 12.5 Å². The van der Waals surface area contributed by atoms with E-state index in [1.54, 1.807) is 6.07 Å². The van der Waals surface area contributed by atoms with Crippen LogP contribution in [0.2, 0.25) is 0 Å². The largest absolute Gasteiger partial charge is 0.493 e. The Morgan fingerprint density at radius 1 is 1.21 bits per heavy atom. The van der Waals surface area contributed by atoms with Gasteiger partial charge in [-0.1, -0.05) is 5.16 Å². The van der Waals surface area contributed by atoms with Gasteiger partial charge < -0.3 is 9.26 Å². The zero-order valence-electron chi connectivity index (χ0n) is 13.2. The Morgan fingerprint density at radius 2 is 2.00 bits per heavy atom. The summed E-state index contributed by atoms with van der Waals surface area (Å²) >= 11 is 0. The Morgan fingerprint density at radius 3 is 2.62 bits per heavy atom. The van der Waals surface area contributed by atoms with Crippen LogP contribution < -0.4 is 4.74 Å². The van der Waals surface area contributed by atoms with E-state index in [2.05, 4.69) is 5.16 Å². The molecule has 0 aliphatic heterocycles. The van der Waals surface area contributed by atoms with Crippen molar-refractivity contribution in [2.75, 3.05) is 6.61 Å². The molecule has 1 heterocycles. The van der Waals surface area contributed by atoms with Crippen LogP contribution in [0.4, 0.5) is 13.2 Å². The molecule has 0 unspecified atom stereocenters. The van der Waals surface area contributed by atoms with Crippen LogP contribution in [0, 0.1) is 18.3 Å². The van der Waals surface area contributed by atoms with Gasteiger partial charge in [0.2, 0.25) is 0 Å². The molecule has 1 aromatic carbocycles. The maximum atomic E-state index is 13.0. The average molecular weight is 338 g/mol. The summed E-state index contributed by atoms with van der Waals surface area (Å²) in [6.07, 6.45) is -1.53. The van der Waals surface area contributed by atoms with Crippen molar-refractivity contribution in [3.8, 4) is 11.8 Å². The van der Waals surface area contributed by atoms with Crippen LogP contribution in [0.5, 0.6) is 5.75 Å². The molecular weight excluding hydrogens is 321 g/mol. The van der Waals surface area contributed by atoms with Crippen LogP contribution in [0.1, 0.15) is 41.8 Å². The van der Waals surface area contributed by atoms with Crippen molar-refractivity contribution in [2.24, 2.45) is 0 Å². The maximum Gasteiger partial charge on any atom is 0.420 e. The summed E-state index contributed by atoms with van der Waals surface area (Å²) in [5.74, 6) is 0.562. The first kappa shape index (κ1) is 17.9. The van der Waals surface area contributed by atoms with Crippen molar-refractivity contribution >= 4 is 0 Å². The first-order valence-electron chi connectivity index (χ1n) is 7.56. The predicted octanol–water partition coefficient (Wildman–Crippen LogP) is 4.67. The molecule has 0 fully saturated rings. The fraction of sp³-hybridized carbons (Fsp3) is 0.412. The summed E-state index contributed by atoms with van der Waals surface area (Å²) in [5.41, 5.74) is -0.135. The molecule has 1 aromatic heterocycles. The van der Waals surface area contributed by atoms with Crippen molar-refractivity contribution in [2.45, 2.75) is 38.8 Å². The number of nitriles is 1. The van der Waals surface area contributed by atoms with E-state index in [1.165, 1.54) is 12.1 Å². The molecule has 4 nitrogen and oxygen atoms in total. The number of halogens is 3. The number of hydrogen-bond acceptors (Lipinski definition) is 4. The van der Waals surface area contributed by atoms with Crippen molar-refractivity contribution < 1.29 is 22.4 Å². The predicted molar refractivity (Wildman–Crippen MR) is 80.4 cm³/mol. The van der Waals surface area contributed by atoms with Gasteiger partial charge in [-0.2, -0.15) is 18.4 Å². The summed E-state index contributed by atoms with van der Waals surface area (Å²) < 4.78 is 49.3. The van der Waals surface area contributed by atoms with Gasteiger partial charge in [-0.25, -0.2) is 0 Å². The number of aromatic nitrogens is 1. The number of benzene rings is 1. The minimum atomic E-state index is -4.55. The van der Waals surface area contributed by atoms with E-state index in [0.29, 0.717) is 6.42 Å². The van der Waals surface area contributed by atoms with Crippen molar-refractivity contribution in [3.63, 3.8) is 0 Å². The quantitative estimate of drug-likeness (QED) is 0.689. The second-order valence-corrected chi connectivity index (χ2v) is 5.41. The van der Waals surface area contributed by atoms with Crippen LogP contribution >= 0.6 is 0 Å². The molecule has 0 radical (unpaired) electrons. The zero-order chi connectivity index (χ0) is 17.6. The fourth-order valence-corrected chi connectivity index (χ4v) is 2.24. The number of rotatable bonds is 7. The van der Waals surface area contributed by atoms with Crippen LogP contribution in [-0.4, -0.2) is 11.8 Å². The molecule has 0 saturated carbocycles. The molecule has 0 aliphatic carbocycles. The Kier molecular flexibility index (Phi) is 5.85. The molecule has 0 amide bonds. The van der Waals surface area contributed by atoms with Crippen LogP contribution in [0.25, 0.3) is 0 Å². The number of aryl methyl sites for hydroxylation is 2. The topological polar surface area (TPSA) is 59.0 Å². The maximum absolute atomic E-state index is 13.0. The van der Waals surface area contributed by atoms with Gasteiger partial charge in [0.25, 0.3) is 0 Å². The molecule has 0 saturated heterocycles. The van der Waals surface area contributed by atoms with Crippen molar-refractivity contribution in [1.29, 1.82) is 5.26 Å². The Labute approximate surface area is 137 Å². The third-order valence-corrected chi connectivity index (χ3v) is 3.42. The molecule has 24 heavy (non-hydrogen) atoms. The lowest BCUT2D eigenvalue weighted by Crippen LogP contribution is -2.10. The average Bonchev–Trinajstić information content (AvgIpc) is 2.95. The molecule has 2 aromatic rings. The fourth-order valence-electron chi connectivity index (χ4n) is 2.24. The molecule has 2 rings (SSSR count). The highest BCUT2D eigenvalue weighted by atomic mass is 19.4. The van der Waals surface area contributed by atoms with Gasteiger partial charge in [-0.05, 0) is 44.4 Å². The smallest absolute Gasteiger partial charge is 0.420 e. The number of nitrogens with zero attached hydrogens (tertiary/aromatic N) is 2. The molecular formula is C17H17F3N2O2.